The highest BCUT2D eigenvalue weighted by atomic mass is 79.9. The number of halogens is 1. The molecule has 6 heteroatoms. The molecule has 0 aliphatic heterocycles. The van der Waals surface area contributed by atoms with Crippen LogP contribution in [0.1, 0.15) is 10.5 Å². The Morgan fingerprint density at radius 3 is 2.52 bits per heavy atom. The number of nitrogens with one attached hydrogen (secondary N) is 2. The molecule has 2 aromatic carbocycles. The Morgan fingerprint density at radius 1 is 1.04 bits per heavy atom. The van der Waals surface area contributed by atoms with Crippen molar-refractivity contribution in [3.8, 4) is 5.75 Å². The van der Waals surface area contributed by atoms with Crippen molar-refractivity contribution in [3.05, 3.63) is 77.0 Å². The van der Waals surface area contributed by atoms with E-state index in [1.165, 1.54) is 0 Å². The third-order valence-corrected chi connectivity index (χ3v) is 4.19. The minimum absolute atomic E-state index is 0.305. The van der Waals surface area contributed by atoms with Crippen LogP contribution >= 0.6 is 15.9 Å². The molecular formula is C19H16BrN3O2. The van der Waals surface area contributed by atoms with Gasteiger partial charge in [0.2, 0.25) is 0 Å². The van der Waals surface area contributed by atoms with Crippen molar-refractivity contribution >= 4 is 38.9 Å². The molecule has 1 aromatic heterocycles. The van der Waals surface area contributed by atoms with Crippen molar-refractivity contribution in [1.29, 1.82) is 0 Å². The second-order valence-corrected chi connectivity index (χ2v) is 6.04. The summed E-state index contributed by atoms with van der Waals surface area (Å²) in [6, 6.07) is 18.5. The molecule has 5 nitrogen and oxygen atoms in total. The molecule has 3 aromatic rings. The van der Waals surface area contributed by atoms with Gasteiger partial charge in [0.1, 0.15) is 11.4 Å². The second-order valence-electron chi connectivity index (χ2n) is 5.19. The Kier molecular flexibility index (Phi) is 5.30. The molecule has 0 aliphatic rings. The van der Waals surface area contributed by atoms with Crippen LogP contribution in [0, 0.1) is 0 Å². The molecule has 0 radical (unpaired) electrons. The number of carbonyl (C=O) groups is 1. The van der Waals surface area contributed by atoms with Crippen LogP contribution in [0.4, 0.5) is 17.1 Å². The lowest BCUT2D eigenvalue weighted by atomic mass is 10.2. The van der Waals surface area contributed by atoms with Crippen LogP contribution in [0.3, 0.4) is 0 Å². The lowest BCUT2D eigenvalue weighted by molar-refractivity contribution is 0.102. The Labute approximate surface area is 154 Å². The largest absolute Gasteiger partial charge is 0.495 e. The van der Waals surface area contributed by atoms with Gasteiger partial charge < -0.3 is 15.4 Å². The summed E-state index contributed by atoms with van der Waals surface area (Å²) in [6.07, 6.45) is 1.59. The van der Waals surface area contributed by atoms with E-state index in [0.29, 0.717) is 17.1 Å². The number of nitrogens with zero attached hydrogens (tertiary/aromatic N) is 1. The van der Waals surface area contributed by atoms with Crippen molar-refractivity contribution in [3.63, 3.8) is 0 Å². The van der Waals surface area contributed by atoms with Crippen LogP contribution in [-0.4, -0.2) is 18.0 Å². The standard InChI is InChI=1S/C19H16BrN3O2/c1-25-18-9-5-4-8-16(18)23-19(24)17-12-13(10-11-21-17)22-15-7-3-2-6-14(15)20/h2-12H,1H3,(H,21,22)(H,23,24). The van der Waals surface area contributed by atoms with Crippen LogP contribution in [-0.2, 0) is 0 Å². The number of aromatic nitrogens is 1. The van der Waals surface area contributed by atoms with Gasteiger partial charge in [-0.3, -0.25) is 9.78 Å². The summed E-state index contributed by atoms with van der Waals surface area (Å²) < 4.78 is 6.18. The molecule has 0 fully saturated rings. The average molecular weight is 398 g/mol. The monoisotopic (exact) mass is 397 g/mol. The minimum atomic E-state index is -0.305. The van der Waals surface area contributed by atoms with Crippen molar-refractivity contribution < 1.29 is 9.53 Å². The first-order valence-corrected chi connectivity index (χ1v) is 8.38. The van der Waals surface area contributed by atoms with Gasteiger partial charge in [-0.15, -0.1) is 0 Å². The molecule has 1 heterocycles. The zero-order valence-corrected chi connectivity index (χ0v) is 15.1. The molecule has 0 aliphatic carbocycles. The molecule has 0 unspecified atom stereocenters. The van der Waals surface area contributed by atoms with E-state index >= 15 is 0 Å². The van der Waals surface area contributed by atoms with Gasteiger partial charge in [0, 0.05) is 16.4 Å². The predicted octanol–water partition coefficient (Wildman–Crippen LogP) is 4.85. The van der Waals surface area contributed by atoms with E-state index in [4.69, 9.17) is 4.74 Å². The van der Waals surface area contributed by atoms with Gasteiger partial charge in [0.25, 0.3) is 5.91 Å². The third kappa shape index (κ3) is 4.16. The van der Waals surface area contributed by atoms with Crippen LogP contribution in [0.2, 0.25) is 0 Å². The first kappa shape index (κ1) is 17.0. The van der Waals surface area contributed by atoms with E-state index in [-0.39, 0.29) is 5.91 Å². The van der Waals surface area contributed by atoms with Crippen molar-refractivity contribution in [2.75, 3.05) is 17.7 Å². The van der Waals surface area contributed by atoms with Gasteiger partial charge in [-0.2, -0.15) is 0 Å². The van der Waals surface area contributed by atoms with Crippen LogP contribution in [0.5, 0.6) is 5.75 Å². The van der Waals surface area contributed by atoms with Gasteiger partial charge in [0.15, 0.2) is 0 Å². The highest BCUT2D eigenvalue weighted by Gasteiger charge is 2.11. The van der Waals surface area contributed by atoms with Gasteiger partial charge in [-0.05, 0) is 52.3 Å². The molecule has 25 heavy (non-hydrogen) atoms. The van der Waals surface area contributed by atoms with Crippen molar-refractivity contribution in [2.24, 2.45) is 0 Å². The molecule has 126 valence electrons. The molecule has 0 atom stereocenters. The highest BCUT2D eigenvalue weighted by molar-refractivity contribution is 9.10. The molecule has 2 N–H and O–H groups in total. The van der Waals surface area contributed by atoms with Crippen LogP contribution < -0.4 is 15.4 Å². The molecule has 0 saturated heterocycles. The summed E-state index contributed by atoms with van der Waals surface area (Å²) in [6.45, 7) is 0. The maximum Gasteiger partial charge on any atom is 0.274 e. The van der Waals surface area contributed by atoms with E-state index in [9.17, 15) is 4.79 Å². The molecule has 0 bridgehead atoms. The average Bonchev–Trinajstić information content (AvgIpc) is 2.64. The number of para-hydroxylation sites is 3. The lowest BCUT2D eigenvalue weighted by Gasteiger charge is -2.11. The number of hydrogen-bond donors (Lipinski definition) is 2. The zero-order valence-electron chi connectivity index (χ0n) is 13.5. The first-order chi connectivity index (χ1) is 12.2. The van der Waals surface area contributed by atoms with Crippen molar-refractivity contribution in [1.82, 2.24) is 4.98 Å². The summed E-state index contributed by atoms with van der Waals surface area (Å²) in [5, 5.41) is 6.08. The summed E-state index contributed by atoms with van der Waals surface area (Å²) >= 11 is 3.49. The topological polar surface area (TPSA) is 63.2 Å². The van der Waals surface area contributed by atoms with E-state index in [2.05, 4.69) is 31.5 Å². The number of rotatable bonds is 5. The number of hydrogen-bond acceptors (Lipinski definition) is 4. The second kappa shape index (κ2) is 7.81. The Hall–Kier alpha value is -2.86. The highest BCUT2D eigenvalue weighted by Crippen LogP contribution is 2.26. The zero-order chi connectivity index (χ0) is 17.6. The fourth-order valence-electron chi connectivity index (χ4n) is 2.28. The fraction of sp³-hybridized carbons (Fsp3) is 0.0526. The number of ether oxygens (including phenoxy) is 1. The van der Waals surface area contributed by atoms with Crippen LogP contribution in [0.25, 0.3) is 0 Å². The molecular weight excluding hydrogens is 382 g/mol. The number of methoxy groups -OCH3 is 1. The SMILES string of the molecule is COc1ccccc1NC(=O)c1cc(Nc2ccccc2Br)ccn1. The number of carbonyl (C=O) groups excluding carboxylic acids is 1. The smallest absolute Gasteiger partial charge is 0.274 e. The summed E-state index contributed by atoms with van der Waals surface area (Å²) in [5.74, 6) is 0.290. The Bertz CT molecular complexity index is 899. The van der Waals surface area contributed by atoms with Gasteiger partial charge >= 0.3 is 0 Å². The normalized spacial score (nSPS) is 10.2. The molecule has 3 rings (SSSR count). The number of pyridine rings is 1. The summed E-state index contributed by atoms with van der Waals surface area (Å²) in [7, 11) is 1.56. The van der Waals surface area contributed by atoms with E-state index in [1.807, 2.05) is 36.4 Å². The Morgan fingerprint density at radius 2 is 1.76 bits per heavy atom. The fourth-order valence-corrected chi connectivity index (χ4v) is 2.67. The summed E-state index contributed by atoms with van der Waals surface area (Å²) in [4.78, 5) is 16.6. The first-order valence-electron chi connectivity index (χ1n) is 7.59. The van der Waals surface area contributed by atoms with Gasteiger partial charge in [-0.1, -0.05) is 24.3 Å². The van der Waals surface area contributed by atoms with E-state index in [1.54, 1.807) is 37.6 Å². The maximum absolute atomic E-state index is 12.5. The van der Waals surface area contributed by atoms with E-state index in [0.717, 1.165) is 15.8 Å². The van der Waals surface area contributed by atoms with E-state index < -0.39 is 0 Å². The van der Waals surface area contributed by atoms with Crippen LogP contribution in [0.15, 0.2) is 71.3 Å². The molecule has 0 spiro atoms. The number of anilines is 3. The lowest BCUT2D eigenvalue weighted by Crippen LogP contribution is -2.14. The quantitative estimate of drug-likeness (QED) is 0.645. The van der Waals surface area contributed by atoms with Crippen molar-refractivity contribution in [2.45, 2.75) is 0 Å². The predicted molar refractivity (Wildman–Crippen MR) is 103 cm³/mol. The Balaban J connectivity index is 1.79. The third-order valence-electron chi connectivity index (χ3n) is 3.50. The number of benzene rings is 2. The maximum atomic E-state index is 12.5. The number of amides is 1. The summed E-state index contributed by atoms with van der Waals surface area (Å²) in [5.41, 5.74) is 2.58. The van der Waals surface area contributed by atoms with Gasteiger partial charge in [-0.25, -0.2) is 0 Å². The molecule has 0 saturated carbocycles. The molecule has 1 amide bonds. The minimum Gasteiger partial charge on any atom is -0.495 e. The van der Waals surface area contributed by atoms with Gasteiger partial charge in [0.05, 0.1) is 18.5 Å².